The van der Waals surface area contributed by atoms with Gasteiger partial charge in [-0.3, -0.25) is 4.98 Å². The summed E-state index contributed by atoms with van der Waals surface area (Å²) in [5.41, 5.74) is 2.72. The molecule has 0 amide bonds. The number of pyridine rings is 1. The van der Waals surface area contributed by atoms with Crippen molar-refractivity contribution in [2.24, 2.45) is 5.16 Å². The fraction of sp³-hybridized carbons (Fsp3) is 0.111. The van der Waals surface area contributed by atoms with Crippen molar-refractivity contribution in [3.8, 4) is 0 Å². The van der Waals surface area contributed by atoms with Crippen LogP contribution in [0, 0.1) is 0 Å². The molecule has 0 bridgehead atoms. The second-order valence-electron chi connectivity index (χ2n) is 4.73. The van der Waals surface area contributed by atoms with Crippen molar-refractivity contribution in [1.29, 1.82) is 0 Å². The van der Waals surface area contributed by atoms with Crippen LogP contribution in [0.5, 0.6) is 0 Å². The molecule has 3 aromatic rings. The zero-order valence-corrected chi connectivity index (χ0v) is 12.1. The average Bonchev–Trinajstić information content (AvgIpc) is 3.11. The molecule has 0 radical (unpaired) electrons. The quantitative estimate of drug-likeness (QED) is 0.395. The number of aromatic nitrogens is 1. The van der Waals surface area contributed by atoms with Gasteiger partial charge in [0.2, 0.25) is 0 Å². The van der Waals surface area contributed by atoms with Crippen LogP contribution in [0.1, 0.15) is 16.9 Å². The Kier molecular flexibility index (Phi) is 4.62. The summed E-state index contributed by atoms with van der Waals surface area (Å²) in [5, 5.41) is 4.23. The molecule has 2 aromatic heterocycles. The van der Waals surface area contributed by atoms with Gasteiger partial charge in [0.1, 0.15) is 6.61 Å². The Morgan fingerprint density at radius 1 is 1.05 bits per heavy atom. The molecule has 2 heterocycles. The second kappa shape index (κ2) is 7.22. The number of hydrogen-bond donors (Lipinski definition) is 0. The largest absolute Gasteiger partial charge is 0.463 e. The van der Waals surface area contributed by atoms with Crippen LogP contribution in [0.2, 0.25) is 0 Å². The van der Waals surface area contributed by atoms with E-state index in [4.69, 9.17) is 9.25 Å². The van der Waals surface area contributed by atoms with Gasteiger partial charge in [0.15, 0.2) is 11.5 Å². The minimum absolute atomic E-state index is 0.508. The number of oxime groups is 1. The Morgan fingerprint density at radius 3 is 2.68 bits per heavy atom. The van der Waals surface area contributed by atoms with E-state index in [9.17, 15) is 0 Å². The highest BCUT2D eigenvalue weighted by molar-refractivity contribution is 6.10. The van der Waals surface area contributed by atoms with E-state index < -0.39 is 0 Å². The first-order valence-corrected chi connectivity index (χ1v) is 7.11. The van der Waals surface area contributed by atoms with Gasteiger partial charge in [0.05, 0.1) is 6.26 Å². The van der Waals surface area contributed by atoms with E-state index in [1.807, 2.05) is 42.5 Å². The van der Waals surface area contributed by atoms with E-state index in [-0.39, 0.29) is 0 Å². The van der Waals surface area contributed by atoms with Gasteiger partial charge < -0.3 is 9.25 Å². The van der Waals surface area contributed by atoms with Crippen molar-refractivity contribution >= 4 is 5.71 Å². The van der Waals surface area contributed by atoms with Gasteiger partial charge in [-0.25, -0.2) is 0 Å². The Bertz CT molecular complexity index is 707. The third-order valence-corrected chi connectivity index (χ3v) is 3.17. The fourth-order valence-electron chi connectivity index (χ4n) is 2.07. The van der Waals surface area contributed by atoms with Crippen molar-refractivity contribution in [3.63, 3.8) is 0 Å². The molecule has 3 rings (SSSR count). The second-order valence-corrected chi connectivity index (χ2v) is 4.73. The van der Waals surface area contributed by atoms with Crippen LogP contribution in [0.3, 0.4) is 0 Å². The van der Waals surface area contributed by atoms with Crippen LogP contribution in [0.15, 0.2) is 82.8 Å². The first-order valence-electron chi connectivity index (χ1n) is 7.11. The molecule has 110 valence electrons. The number of benzene rings is 1. The molecule has 0 fully saturated rings. The van der Waals surface area contributed by atoms with Gasteiger partial charge in [-0.15, -0.1) is 0 Å². The minimum atomic E-state index is 0.508. The third-order valence-electron chi connectivity index (χ3n) is 3.17. The van der Waals surface area contributed by atoms with E-state index in [1.165, 1.54) is 5.56 Å². The zero-order chi connectivity index (χ0) is 15.0. The van der Waals surface area contributed by atoms with Crippen LogP contribution in [-0.2, 0) is 11.3 Å². The Hall–Kier alpha value is -2.88. The van der Waals surface area contributed by atoms with E-state index >= 15 is 0 Å². The molecule has 0 saturated heterocycles. The molecule has 0 aliphatic rings. The van der Waals surface area contributed by atoms with Crippen molar-refractivity contribution in [3.05, 3.63) is 90.1 Å². The monoisotopic (exact) mass is 292 g/mol. The summed E-state index contributed by atoms with van der Waals surface area (Å²) in [5.74, 6) is 0.660. The van der Waals surface area contributed by atoms with Crippen LogP contribution in [0.4, 0.5) is 0 Å². The lowest BCUT2D eigenvalue weighted by Crippen LogP contribution is -2.05. The fourth-order valence-corrected chi connectivity index (χ4v) is 2.07. The van der Waals surface area contributed by atoms with Crippen LogP contribution in [0.25, 0.3) is 0 Å². The summed E-state index contributed by atoms with van der Waals surface area (Å²) >= 11 is 0. The summed E-state index contributed by atoms with van der Waals surface area (Å²) in [6, 6.07) is 17.6. The van der Waals surface area contributed by atoms with Crippen molar-refractivity contribution < 1.29 is 9.25 Å². The van der Waals surface area contributed by atoms with Crippen molar-refractivity contribution in [2.75, 3.05) is 6.61 Å². The molecule has 22 heavy (non-hydrogen) atoms. The number of rotatable bonds is 6. The van der Waals surface area contributed by atoms with Crippen LogP contribution < -0.4 is 0 Å². The molecule has 0 N–H and O–H groups in total. The molecule has 4 heteroatoms. The summed E-state index contributed by atoms with van der Waals surface area (Å²) in [4.78, 5) is 9.59. The standard InChI is InChI=1S/C18H16N2O2/c1-2-6-15(7-3-1)10-13-22-20-18(17-9-5-12-21-17)16-8-4-11-19-14-16/h1-9,11-12,14H,10,13H2. The Morgan fingerprint density at radius 2 is 1.95 bits per heavy atom. The van der Waals surface area contributed by atoms with Gasteiger partial charge in [0, 0.05) is 24.4 Å². The predicted octanol–water partition coefficient (Wildman–Crippen LogP) is 3.69. The smallest absolute Gasteiger partial charge is 0.156 e. The highest BCUT2D eigenvalue weighted by atomic mass is 16.6. The molecule has 0 unspecified atom stereocenters. The Labute approximate surface area is 129 Å². The lowest BCUT2D eigenvalue weighted by atomic mass is 10.1. The lowest BCUT2D eigenvalue weighted by Gasteiger charge is -2.04. The third kappa shape index (κ3) is 3.61. The molecule has 4 nitrogen and oxygen atoms in total. The average molecular weight is 292 g/mol. The normalized spacial score (nSPS) is 11.4. The Balaban J connectivity index is 1.70. The highest BCUT2D eigenvalue weighted by Crippen LogP contribution is 2.11. The predicted molar refractivity (Wildman–Crippen MR) is 84.7 cm³/mol. The maximum absolute atomic E-state index is 5.48. The number of nitrogens with zero attached hydrogens (tertiary/aromatic N) is 2. The zero-order valence-electron chi connectivity index (χ0n) is 12.1. The van der Waals surface area contributed by atoms with E-state index in [0.29, 0.717) is 18.1 Å². The topological polar surface area (TPSA) is 47.6 Å². The maximum Gasteiger partial charge on any atom is 0.156 e. The first-order chi connectivity index (χ1) is 10.9. The van der Waals surface area contributed by atoms with Gasteiger partial charge in [-0.2, -0.15) is 0 Å². The van der Waals surface area contributed by atoms with Crippen molar-refractivity contribution in [2.45, 2.75) is 6.42 Å². The van der Waals surface area contributed by atoms with Crippen LogP contribution in [-0.4, -0.2) is 17.3 Å². The molecule has 1 aromatic carbocycles. The maximum atomic E-state index is 5.48. The van der Waals surface area contributed by atoms with Gasteiger partial charge >= 0.3 is 0 Å². The molecule has 0 aliphatic heterocycles. The first kappa shape index (κ1) is 14.1. The summed E-state index contributed by atoms with van der Waals surface area (Å²) in [6.45, 7) is 0.508. The van der Waals surface area contributed by atoms with E-state index in [1.54, 1.807) is 18.7 Å². The van der Waals surface area contributed by atoms with Gasteiger partial charge in [0.25, 0.3) is 0 Å². The molecular formula is C18H16N2O2. The van der Waals surface area contributed by atoms with Gasteiger partial charge in [-0.1, -0.05) is 35.5 Å². The lowest BCUT2D eigenvalue weighted by molar-refractivity contribution is 0.147. The number of furan rings is 1. The molecule has 0 saturated carbocycles. The highest BCUT2D eigenvalue weighted by Gasteiger charge is 2.10. The summed E-state index contributed by atoms with van der Waals surface area (Å²) in [7, 11) is 0. The SMILES string of the molecule is c1ccc(CCON=C(c2cccnc2)c2ccco2)cc1. The van der Waals surface area contributed by atoms with E-state index in [0.717, 1.165) is 12.0 Å². The molecule has 0 aliphatic carbocycles. The molecule has 0 atom stereocenters. The molecule has 0 spiro atoms. The molecular weight excluding hydrogens is 276 g/mol. The minimum Gasteiger partial charge on any atom is -0.463 e. The summed E-state index contributed by atoms with van der Waals surface area (Å²) in [6.07, 6.45) is 5.88. The number of hydrogen-bond acceptors (Lipinski definition) is 4. The van der Waals surface area contributed by atoms with Crippen LogP contribution >= 0.6 is 0 Å². The summed E-state index contributed by atoms with van der Waals surface area (Å²) < 4.78 is 5.43. The van der Waals surface area contributed by atoms with Crippen molar-refractivity contribution in [1.82, 2.24) is 4.98 Å². The van der Waals surface area contributed by atoms with E-state index in [2.05, 4.69) is 22.3 Å². The van der Waals surface area contributed by atoms with Gasteiger partial charge in [-0.05, 0) is 29.8 Å².